The predicted octanol–water partition coefficient (Wildman–Crippen LogP) is 0.812. The molecule has 0 atom stereocenters. The first-order valence-corrected chi connectivity index (χ1v) is 4.98. The van der Waals surface area contributed by atoms with Gasteiger partial charge in [0, 0.05) is 18.7 Å². The first-order valence-electron chi connectivity index (χ1n) is 4.98. The van der Waals surface area contributed by atoms with Gasteiger partial charge in [0.2, 0.25) is 0 Å². The van der Waals surface area contributed by atoms with Gasteiger partial charge in [-0.3, -0.25) is 14.9 Å². The van der Waals surface area contributed by atoms with Crippen molar-refractivity contribution in [3.63, 3.8) is 0 Å². The van der Waals surface area contributed by atoms with Crippen LogP contribution in [0.3, 0.4) is 0 Å². The number of non-ortho nitro benzene ring substituents is 1. The number of nitrogens with two attached hydrogens (primary N) is 1. The summed E-state index contributed by atoms with van der Waals surface area (Å²) in [6.07, 6.45) is 0.558. The second kappa shape index (κ2) is 5.90. The highest BCUT2D eigenvalue weighted by molar-refractivity contribution is 5.95. The van der Waals surface area contributed by atoms with E-state index in [1.54, 1.807) is 0 Å². The third kappa shape index (κ3) is 3.49. The monoisotopic (exact) mass is 241 g/mol. The van der Waals surface area contributed by atoms with Crippen LogP contribution in [0.15, 0.2) is 18.2 Å². The van der Waals surface area contributed by atoms with E-state index >= 15 is 0 Å². The number of nitrogens with zero attached hydrogens (tertiary/aromatic N) is 1. The van der Waals surface area contributed by atoms with E-state index in [2.05, 4.69) is 5.32 Å². The molecule has 1 aromatic carbocycles. The lowest BCUT2D eigenvalue weighted by Crippen LogP contribution is -2.26. The molecule has 0 saturated carbocycles. The van der Waals surface area contributed by atoms with Crippen molar-refractivity contribution < 1.29 is 14.1 Å². The molecule has 0 aromatic heterocycles. The summed E-state index contributed by atoms with van der Waals surface area (Å²) in [5.74, 6) is -1.47. The van der Waals surface area contributed by atoms with Crippen LogP contribution in [0.2, 0.25) is 0 Å². The number of nitrogens with one attached hydrogen (secondary N) is 1. The molecule has 0 aliphatic carbocycles. The van der Waals surface area contributed by atoms with Gasteiger partial charge in [-0.2, -0.15) is 0 Å². The van der Waals surface area contributed by atoms with Crippen molar-refractivity contribution in [3.8, 4) is 0 Å². The molecule has 1 rings (SSSR count). The zero-order valence-electron chi connectivity index (χ0n) is 8.98. The summed E-state index contributed by atoms with van der Waals surface area (Å²) in [7, 11) is 0. The lowest BCUT2D eigenvalue weighted by molar-refractivity contribution is -0.384. The van der Waals surface area contributed by atoms with Crippen molar-refractivity contribution in [2.24, 2.45) is 5.73 Å². The Kier molecular flexibility index (Phi) is 4.53. The average molecular weight is 241 g/mol. The van der Waals surface area contributed by atoms with Crippen LogP contribution in [0, 0.1) is 15.9 Å². The van der Waals surface area contributed by atoms with Gasteiger partial charge in [0.25, 0.3) is 11.6 Å². The van der Waals surface area contributed by atoms with Crippen LogP contribution in [-0.2, 0) is 0 Å². The molecule has 17 heavy (non-hydrogen) atoms. The number of benzene rings is 1. The van der Waals surface area contributed by atoms with Crippen molar-refractivity contribution in [1.29, 1.82) is 0 Å². The molecule has 0 spiro atoms. The van der Waals surface area contributed by atoms with Crippen molar-refractivity contribution in [3.05, 3.63) is 39.7 Å². The zero-order chi connectivity index (χ0) is 12.8. The number of hydrogen-bond acceptors (Lipinski definition) is 4. The van der Waals surface area contributed by atoms with Gasteiger partial charge in [-0.25, -0.2) is 4.39 Å². The molecule has 3 N–H and O–H groups in total. The summed E-state index contributed by atoms with van der Waals surface area (Å²) in [4.78, 5) is 21.3. The highest BCUT2D eigenvalue weighted by Crippen LogP contribution is 2.16. The van der Waals surface area contributed by atoms with E-state index in [0.717, 1.165) is 18.2 Å². The van der Waals surface area contributed by atoms with Crippen LogP contribution in [0.5, 0.6) is 0 Å². The van der Waals surface area contributed by atoms with E-state index in [9.17, 15) is 19.3 Å². The van der Waals surface area contributed by atoms with Crippen LogP contribution in [-0.4, -0.2) is 23.9 Å². The minimum absolute atomic E-state index is 0.303. The first-order chi connectivity index (χ1) is 8.06. The van der Waals surface area contributed by atoms with Gasteiger partial charge in [-0.15, -0.1) is 0 Å². The van der Waals surface area contributed by atoms with Crippen LogP contribution in [0.1, 0.15) is 16.8 Å². The molecule has 92 valence electrons. The number of nitro groups is 1. The van der Waals surface area contributed by atoms with Crippen molar-refractivity contribution >= 4 is 11.6 Å². The Morgan fingerprint density at radius 3 is 2.82 bits per heavy atom. The van der Waals surface area contributed by atoms with Gasteiger partial charge >= 0.3 is 0 Å². The molecule has 0 aliphatic rings. The third-order valence-corrected chi connectivity index (χ3v) is 2.07. The van der Waals surface area contributed by atoms with E-state index < -0.39 is 16.6 Å². The average Bonchev–Trinajstić information content (AvgIpc) is 2.29. The topological polar surface area (TPSA) is 98.3 Å². The summed E-state index contributed by atoms with van der Waals surface area (Å²) < 4.78 is 13.3. The Balaban J connectivity index is 2.84. The minimum Gasteiger partial charge on any atom is -0.352 e. The molecule has 7 heteroatoms. The lowest BCUT2D eigenvalue weighted by atomic mass is 10.1. The highest BCUT2D eigenvalue weighted by atomic mass is 19.1. The molecule has 1 amide bonds. The number of carbonyl (C=O) groups excluding carboxylic acids is 1. The SMILES string of the molecule is NCCCNC(=O)c1cc([N+](=O)[O-])ccc1F. The highest BCUT2D eigenvalue weighted by Gasteiger charge is 2.16. The van der Waals surface area contributed by atoms with E-state index in [1.165, 1.54) is 0 Å². The Morgan fingerprint density at radius 1 is 1.53 bits per heavy atom. The quantitative estimate of drug-likeness (QED) is 0.452. The van der Waals surface area contributed by atoms with E-state index in [4.69, 9.17) is 5.73 Å². The molecule has 0 unspecified atom stereocenters. The second-order valence-electron chi connectivity index (χ2n) is 3.32. The van der Waals surface area contributed by atoms with Crippen molar-refractivity contribution in [2.45, 2.75) is 6.42 Å². The minimum atomic E-state index is -0.791. The zero-order valence-corrected chi connectivity index (χ0v) is 8.98. The molecular formula is C10H12FN3O3. The Hall–Kier alpha value is -2.02. The van der Waals surface area contributed by atoms with E-state index in [-0.39, 0.29) is 11.3 Å². The Morgan fingerprint density at radius 2 is 2.24 bits per heavy atom. The number of nitro benzene ring substituents is 1. The van der Waals surface area contributed by atoms with Crippen molar-refractivity contribution in [1.82, 2.24) is 5.32 Å². The number of halogens is 1. The number of rotatable bonds is 5. The summed E-state index contributed by atoms with van der Waals surface area (Å²) in [5, 5.41) is 12.9. The molecule has 0 bridgehead atoms. The fourth-order valence-corrected chi connectivity index (χ4v) is 1.20. The Bertz CT molecular complexity index is 437. The fourth-order valence-electron chi connectivity index (χ4n) is 1.20. The summed E-state index contributed by atoms with van der Waals surface area (Å²) in [6, 6.07) is 2.81. The Labute approximate surface area is 96.8 Å². The molecular weight excluding hydrogens is 229 g/mol. The van der Waals surface area contributed by atoms with Gasteiger partial charge < -0.3 is 11.1 Å². The molecule has 1 aromatic rings. The molecule has 0 radical (unpaired) electrons. The van der Waals surface area contributed by atoms with Gasteiger partial charge in [0.15, 0.2) is 0 Å². The number of hydrogen-bond donors (Lipinski definition) is 2. The maximum absolute atomic E-state index is 13.3. The largest absolute Gasteiger partial charge is 0.352 e. The molecule has 0 saturated heterocycles. The molecule has 0 fully saturated rings. The second-order valence-corrected chi connectivity index (χ2v) is 3.32. The van der Waals surface area contributed by atoms with Crippen LogP contribution >= 0.6 is 0 Å². The summed E-state index contributed by atoms with van der Waals surface area (Å²) in [6.45, 7) is 0.704. The first kappa shape index (κ1) is 13.0. The number of carbonyl (C=O) groups is 1. The van der Waals surface area contributed by atoms with Gasteiger partial charge in [0.1, 0.15) is 5.82 Å². The number of amides is 1. The van der Waals surface area contributed by atoms with Crippen LogP contribution < -0.4 is 11.1 Å². The van der Waals surface area contributed by atoms with E-state index in [0.29, 0.717) is 19.5 Å². The van der Waals surface area contributed by atoms with Gasteiger partial charge in [-0.05, 0) is 19.0 Å². The maximum Gasteiger partial charge on any atom is 0.270 e. The maximum atomic E-state index is 13.3. The fraction of sp³-hybridized carbons (Fsp3) is 0.300. The van der Waals surface area contributed by atoms with Crippen LogP contribution in [0.25, 0.3) is 0 Å². The molecule has 6 nitrogen and oxygen atoms in total. The molecule has 0 aliphatic heterocycles. The normalized spacial score (nSPS) is 10.0. The van der Waals surface area contributed by atoms with Gasteiger partial charge in [0.05, 0.1) is 10.5 Å². The standard InChI is InChI=1S/C10H12FN3O3/c11-9-3-2-7(14(16)17)6-8(9)10(15)13-5-1-4-12/h2-3,6H,1,4-5,12H2,(H,13,15). The smallest absolute Gasteiger partial charge is 0.270 e. The predicted molar refractivity (Wildman–Crippen MR) is 59.1 cm³/mol. The van der Waals surface area contributed by atoms with Crippen molar-refractivity contribution in [2.75, 3.05) is 13.1 Å². The van der Waals surface area contributed by atoms with Gasteiger partial charge in [-0.1, -0.05) is 0 Å². The molecule has 0 heterocycles. The van der Waals surface area contributed by atoms with Crippen LogP contribution in [0.4, 0.5) is 10.1 Å². The summed E-state index contributed by atoms with van der Waals surface area (Å²) in [5.41, 5.74) is 4.57. The summed E-state index contributed by atoms with van der Waals surface area (Å²) >= 11 is 0. The third-order valence-electron chi connectivity index (χ3n) is 2.07. The lowest BCUT2D eigenvalue weighted by Gasteiger charge is -2.05. The van der Waals surface area contributed by atoms with E-state index in [1.807, 2.05) is 0 Å².